The van der Waals surface area contributed by atoms with Crippen LogP contribution in [-0.2, 0) is 13.6 Å². The second-order valence-corrected chi connectivity index (χ2v) is 8.13. The van der Waals surface area contributed by atoms with Crippen LogP contribution in [-0.4, -0.2) is 45.5 Å². The van der Waals surface area contributed by atoms with E-state index in [-0.39, 0.29) is 0 Å². The van der Waals surface area contributed by atoms with E-state index in [9.17, 15) is 0 Å². The molecule has 0 amide bonds. The monoisotopic (exact) mass is 379 g/mol. The molecule has 0 unspecified atom stereocenters. The van der Waals surface area contributed by atoms with Gasteiger partial charge in [0.15, 0.2) is 0 Å². The summed E-state index contributed by atoms with van der Waals surface area (Å²) in [6.07, 6.45) is 3.67. The van der Waals surface area contributed by atoms with E-state index >= 15 is 0 Å². The van der Waals surface area contributed by atoms with Crippen molar-refractivity contribution >= 4 is 11.6 Å². The summed E-state index contributed by atoms with van der Waals surface area (Å²) in [5, 5.41) is 13.1. The molecule has 0 aliphatic carbocycles. The van der Waals surface area contributed by atoms with Gasteiger partial charge in [-0.1, -0.05) is 30.6 Å². The number of nitrogens with one attached hydrogen (secondary N) is 1. The third kappa shape index (κ3) is 4.67. The minimum Gasteiger partial charge on any atom is -0.361 e. The molecule has 0 spiro atoms. The Kier molecular flexibility index (Phi) is 6.37. The number of rotatable bonds is 7. The number of likely N-dealkylation sites (tertiary alicyclic amines) is 1. The van der Waals surface area contributed by atoms with Crippen molar-refractivity contribution < 1.29 is 4.52 Å². The number of hydrogen-bond donors (Lipinski definition) is 1. The van der Waals surface area contributed by atoms with Crippen LogP contribution < -0.4 is 5.32 Å². The topological polar surface area (TPSA) is 59.1 Å². The standard InChI is InChI=1S/C19H30ClN5O/c1-13(2)7-8-21-15-6-5-9-25(11-15)12-16-18(22-24(4)19(16)20)17-10-14(3)26-23-17/h10,13,15,21H,5-9,11-12H2,1-4H3/t15-/m1/s1. The van der Waals surface area contributed by atoms with E-state index in [1.54, 1.807) is 4.68 Å². The first-order chi connectivity index (χ1) is 12.4. The van der Waals surface area contributed by atoms with Crippen LogP contribution in [0.1, 0.15) is 44.4 Å². The van der Waals surface area contributed by atoms with Crippen LogP contribution in [0.3, 0.4) is 0 Å². The molecule has 144 valence electrons. The first-order valence-electron chi connectivity index (χ1n) is 9.54. The number of halogens is 1. The summed E-state index contributed by atoms with van der Waals surface area (Å²) in [6, 6.07) is 2.46. The summed E-state index contributed by atoms with van der Waals surface area (Å²) in [5.74, 6) is 1.52. The van der Waals surface area contributed by atoms with Gasteiger partial charge in [-0.05, 0) is 45.2 Å². The van der Waals surface area contributed by atoms with Crippen molar-refractivity contribution in [1.29, 1.82) is 0 Å². The highest BCUT2D eigenvalue weighted by atomic mass is 35.5. The van der Waals surface area contributed by atoms with E-state index in [4.69, 9.17) is 16.1 Å². The molecular weight excluding hydrogens is 350 g/mol. The fourth-order valence-electron chi connectivity index (χ4n) is 3.54. The lowest BCUT2D eigenvalue weighted by Gasteiger charge is -2.33. The van der Waals surface area contributed by atoms with Crippen LogP contribution in [0.2, 0.25) is 5.15 Å². The molecule has 3 heterocycles. The second kappa shape index (κ2) is 8.55. The van der Waals surface area contributed by atoms with Gasteiger partial charge in [0.05, 0.1) is 0 Å². The molecule has 1 fully saturated rings. The van der Waals surface area contributed by atoms with E-state index in [1.807, 2.05) is 20.0 Å². The average Bonchev–Trinajstić information content (AvgIpc) is 3.13. The van der Waals surface area contributed by atoms with Crippen molar-refractivity contribution in [1.82, 2.24) is 25.2 Å². The normalized spacial score (nSPS) is 18.8. The Bertz CT molecular complexity index is 724. The molecular formula is C19H30ClN5O. The van der Waals surface area contributed by atoms with Crippen LogP contribution in [0, 0.1) is 12.8 Å². The van der Waals surface area contributed by atoms with Gasteiger partial charge in [0, 0.05) is 37.8 Å². The van der Waals surface area contributed by atoms with Crippen LogP contribution in [0.5, 0.6) is 0 Å². The number of aryl methyl sites for hydroxylation is 2. The molecule has 7 heteroatoms. The molecule has 6 nitrogen and oxygen atoms in total. The van der Waals surface area contributed by atoms with Gasteiger partial charge >= 0.3 is 0 Å². The van der Waals surface area contributed by atoms with Crippen molar-refractivity contribution in [3.63, 3.8) is 0 Å². The summed E-state index contributed by atoms with van der Waals surface area (Å²) >= 11 is 6.54. The zero-order chi connectivity index (χ0) is 18.7. The first kappa shape index (κ1) is 19.4. The molecule has 0 bridgehead atoms. The molecule has 2 aromatic heterocycles. The number of piperidine rings is 1. The lowest BCUT2D eigenvalue weighted by molar-refractivity contribution is 0.183. The van der Waals surface area contributed by atoms with Gasteiger partial charge in [-0.25, -0.2) is 0 Å². The maximum Gasteiger partial charge on any atom is 0.134 e. The van der Waals surface area contributed by atoms with Crippen LogP contribution in [0.4, 0.5) is 0 Å². The molecule has 26 heavy (non-hydrogen) atoms. The van der Waals surface area contributed by atoms with E-state index in [1.165, 1.54) is 19.3 Å². The quantitative estimate of drug-likeness (QED) is 0.795. The number of aromatic nitrogens is 3. The Hall–Kier alpha value is -1.37. The maximum absolute atomic E-state index is 6.54. The predicted molar refractivity (Wildman–Crippen MR) is 104 cm³/mol. The Morgan fingerprint density at radius 2 is 2.23 bits per heavy atom. The van der Waals surface area contributed by atoms with E-state index in [2.05, 4.69) is 34.3 Å². The van der Waals surface area contributed by atoms with E-state index in [0.717, 1.165) is 54.8 Å². The van der Waals surface area contributed by atoms with Crippen molar-refractivity contribution in [2.75, 3.05) is 19.6 Å². The van der Waals surface area contributed by atoms with Crippen molar-refractivity contribution in [3.8, 4) is 11.4 Å². The lowest BCUT2D eigenvalue weighted by Crippen LogP contribution is -2.45. The van der Waals surface area contributed by atoms with E-state index in [0.29, 0.717) is 11.2 Å². The number of hydrogen-bond acceptors (Lipinski definition) is 5. The summed E-state index contributed by atoms with van der Waals surface area (Å²) < 4.78 is 6.95. The van der Waals surface area contributed by atoms with Gasteiger partial charge in [0.25, 0.3) is 0 Å². The zero-order valence-corrected chi connectivity index (χ0v) is 17.0. The van der Waals surface area contributed by atoms with Crippen molar-refractivity contribution in [2.45, 2.75) is 52.6 Å². The van der Waals surface area contributed by atoms with Gasteiger partial charge in [0.1, 0.15) is 22.3 Å². The highest BCUT2D eigenvalue weighted by Crippen LogP contribution is 2.30. The molecule has 1 aliphatic heterocycles. The molecule has 1 saturated heterocycles. The highest BCUT2D eigenvalue weighted by Gasteiger charge is 2.25. The highest BCUT2D eigenvalue weighted by molar-refractivity contribution is 6.30. The number of nitrogens with zero attached hydrogens (tertiary/aromatic N) is 4. The van der Waals surface area contributed by atoms with Gasteiger partial charge < -0.3 is 9.84 Å². The Balaban J connectivity index is 1.68. The molecule has 0 aromatic carbocycles. The largest absolute Gasteiger partial charge is 0.361 e. The smallest absolute Gasteiger partial charge is 0.134 e. The Morgan fingerprint density at radius 3 is 2.92 bits per heavy atom. The second-order valence-electron chi connectivity index (χ2n) is 7.78. The van der Waals surface area contributed by atoms with Crippen LogP contribution in [0.25, 0.3) is 11.4 Å². The van der Waals surface area contributed by atoms with Gasteiger partial charge in [-0.3, -0.25) is 9.58 Å². The minimum atomic E-state index is 0.552. The van der Waals surface area contributed by atoms with Crippen LogP contribution in [0.15, 0.2) is 10.6 Å². The fourth-order valence-corrected chi connectivity index (χ4v) is 3.72. The molecule has 0 radical (unpaired) electrons. The zero-order valence-electron chi connectivity index (χ0n) is 16.3. The fraction of sp³-hybridized carbons (Fsp3) is 0.684. The molecule has 1 aliphatic rings. The summed E-state index contributed by atoms with van der Waals surface area (Å²) in [6.45, 7) is 10.4. The minimum absolute atomic E-state index is 0.552. The van der Waals surface area contributed by atoms with Crippen molar-refractivity contribution in [2.24, 2.45) is 13.0 Å². The first-order valence-corrected chi connectivity index (χ1v) is 9.92. The SMILES string of the molecule is Cc1cc(-c2nn(C)c(Cl)c2CN2CCC[C@@H](NCCC(C)C)C2)no1. The summed E-state index contributed by atoms with van der Waals surface area (Å²) in [4.78, 5) is 2.47. The van der Waals surface area contributed by atoms with Gasteiger partial charge in [0.2, 0.25) is 0 Å². The third-order valence-electron chi connectivity index (χ3n) is 4.98. The van der Waals surface area contributed by atoms with Gasteiger partial charge in [-0.2, -0.15) is 5.10 Å². The lowest BCUT2D eigenvalue weighted by atomic mass is 10.0. The Morgan fingerprint density at radius 1 is 1.42 bits per heavy atom. The maximum atomic E-state index is 6.54. The van der Waals surface area contributed by atoms with Crippen molar-refractivity contribution in [3.05, 3.63) is 22.5 Å². The third-order valence-corrected chi connectivity index (χ3v) is 5.45. The molecule has 1 atom stereocenters. The predicted octanol–water partition coefficient (Wildman–Crippen LogP) is 3.64. The average molecular weight is 380 g/mol. The molecule has 3 rings (SSSR count). The summed E-state index contributed by atoms with van der Waals surface area (Å²) in [5.41, 5.74) is 2.61. The summed E-state index contributed by atoms with van der Waals surface area (Å²) in [7, 11) is 1.87. The molecule has 0 saturated carbocycles. The van der Waals surface area contributed by atoms with Crippen LogP contribution >= 0.6 is 11.6 Å². The van der Waals surface area contributed by atoms with Gasteiger partial charge in [-0.15, -0.1) is 0 Å². The Labute approximate surface area is 160 Å². The molecule has 2 aromatic rings. The molecule has 1 N–H and O–H groups in total. The van der Waals surface area contributed by atoms with E-state index < -0.39 is 0 Å².